The molecule has 1 saturated carbocycles. The fraction of sp³-hybridized carbons (Fsp3) is 0.467. The summed E-state index contributed by atoms with van der Waals surface area (Å²) >= 11 is 0. The Balaban J connectivity index is 1.85. The molecule has 1 aliphatic rings. The van der Waals surface area contributed by atoms with Crippen molar-refractivity contribution in [2.75, 3.05) is 6.54 Å². The van der Waals surface area contributed by atoms with E-state index in [0.29, 0.717) is 30.9 Å². The Morgan fingerprint density at radius 2 is 1.95 bits per heavy atom. The Labute approximate surface area is 117 Å². The van der Waals surface area contributed by atoms with Crippen molar-refractivity contribution in [2.45, 2.75) is 25.7 Å². The molecule has 0 aromatic heterocycles. The average molecular weight is 277 g/mol. The lowest BCUT2D eigenvalue weighted by molar-refractivity contribution is -0.143. The number of rotatable bonds is 4. The molecule has 5 nitrogen and oxygen atoms in total. The summed E-state index contributed by atoms with van der Waals surface area (Å²) in [5, 5.41) is 27.9. The van der Waals surface area contributed by atoms with Crippen LogP contribution in [0.2, 0.25) is 0 Å². The maximum absolute atomic E-state index is 10.8. The van der Waals surface area contributed by atoms with Crippen LogP contribution in [0.1, 0.15) is 31.2 Å². The van der Waals surface area contributed by atoms with Crippen LogP contribution in [-0.2, 0) is 4.79 Å². The first kappa shape index (κ1) is 14.4. The lowest BCUT2D eigenvalue weighted by Crippen LogP contribution is -2.22. The van der Waals surface area contributed by atoms with E-state index in [-0.39, 0.29) is 17.4 Å². The topological polar surface area (TPSA) is 90.1 Å². The summed E-state index contributed by atoms with van der Waals surface area (Å²) in [6.07, 6.45) is 4.73. The monoisotopic (exact) mass is 277 g/mol. The van der Waals surface area contributed by atoms with Crippen molar-refractivity contribution < 1.29 is 20.1 Å². The molecule has 20 heavy (non-hydrogen) atoms. The zero-order chi connectivity index (χ0) is 14.5. The molecule has 1 fully saturated rings. The smallest absolute Gasteiger partial charge is 0.306 e. The summed E-state index contributed by atoms with van der Waals surface area (Å²) in [6.45, 7) is 0.626. The molecule has 0 unspecified atom stereocenters. The summed E-state index contributed by atoms with van der Waals surface area (Å²) in [6, 6.07) is 4.30. The van der Waals surface area contributed by atoms with Crippen molar-refractivity contribution in [1.82, 2.24) is 0 Å². The summed E-state index contributed by atoms with van der Waals surface area (Å²) < 4.78 is 0. The van der Waals surface area contributed by atoms with Gasteiger partial charge < -0.3 is 15.3 Å². The van der Waals surface area contributed by atoms with Gasteiger partial charge in [-0.15, -0.1) is 0 Å². The molecular weight excluding hydrogens is 258 g/mol. The van der Waals surface area contributed by atoms with Crippen LogP contribution in [-0.4, -0.2) is 34.0 Å². The van der Waals surface area contributed by atoms with Gasteiger partial charge in [-0.3, -0.25) is 9.79 Å². The van der Waals surface area contributed by atoms with E-state index in [4.69, 9.17) is 5.11 Å². The Morgan fingerprint density at radius 1 is 1.25 bits per heavy atom. The number of aliphatic imine (C=N–C) groups is 1. The van der Waals surface area contributed by atoms with Crippen LogP contribution in [0.15, 0.2) is 23.2 Å². The molecule has 1 aliphatic carbocycles. The second-order valence-electron chi connectivity index (χ2n) is 5.29. The second-order valence-corrected chi connectivity index (χ2v) is 5.29. The number of aliphatic carboxylic acids is 1. The van der Waals surface area contributed by atoms with Gasteiger partial charge in [-0.25, -0.2) is 0 Å². The zero-order valence-corrected chi connectivity index (χ0v) is 11.2. The predicted molar refractivity (Wildman–Crippen MR) is 75.3 cm³/mol. The summed E-state index contributed by atoms with van der Waals surface area (Å²) in [5.41, 5.74) is 0.490. The molecule has 0 saturated heterocycles. The van der Waals surface area contributed by atoms with Gasteiger partial charge in [0.2, 0.25) is 0 Å². The van der Waals surface area contributed by atoms with E-state index in [1.165, 1.54) is 18.2 Å². The van der Waals surface area contributed by atoms with Crippen molar-refractivity contribution in [3.05, 3.63) is 23.8 Å². The number of carboxylic acids is 1. The molecule has 108 valence electrons. The molecule has 0 amide bonds. The van der Waals surface area contributed by atoms with Gasteiger partial charge in [0.05, 0.1) is 5.92 Å². The first-order chi connectivity index (χ1) is 9.56. The molecule has 5 heteroatoms. The van der Waals surface area contributed by atoms with Crippen molar-refractivity contribution in [2.24, 2.45) is 16.8 Å². The van der Waals surface area contributed by atoms with Crippen molar-refractivity contribution >= 4 is 12.2 Å². The van der Waals surface area contributed by atoms with Crippen LogP contribution in [0.4, 0.5) is 0 Å². The van der Waals surface area contributed by atoms with Gasteiger partial charge in [0.1, 0.15) is 11.5 Å². The second kappa shape index (κ2) is 6.41. The predicted octanol–water partition coefficient (Wildman–Crippen LogP) is 2.41. The van der Waals surface area contributed by atoms with Crippen molar-refractivity contribution in [3.63, 3.8) is 0 Å². The number of phenols is 2. The minimum absolute atomic E-state index is 0.0844. The molecule has 0 spiro atoms. The van der Waals surface area contributed by atoms with Crippen LogP contribution < -0.4 is 0 Å². The minimum Gasteiger partial charge on any atom is -0.508 e. The minimum atomic E-state index is -0.698. The standard InChI is InChI=1S/C15H19NO4/c17-13-5-6-14(18)12(7-13)9-16-8-10-1-3-11(4-2-10)15(19)20/h5-7,9-11,17-18H,1-4,8H2,(H,19,20)/t10-,11-. The molecule has 1 aromatic carbocycles. The molecule has 1 aromatic rings. The summed E-state index contributed by atoms with van der Waals surface area (Å²) in [4.78, 5) is 15.1. The third-order valence-electron chi connectivity index (χ3n) is 3.80. The molecule has 0 bridgehead atoms. The quantitative estimate of drug-likeness (QED) is 0.582. The number of carboxylic acid groups (broad SMARTS) is 1. The van der Waals surface area contributed by atoms with E-state index in [9.17, 15) is 15.0 Å². The van der Waals surface area contributed by atoms with E-state index in [2.05, 4.69) is 4.99 Å². The van der Waals surface area contributed by atoms with Gasteiger partial charge in [0.25, 0.3) is 0 Å². The third-order valence-corrected chi connectivity index (χ3v) is 3.80. The number of nitrogens with zero attached hydrogens (tertiary/aromatic N) is 1. The highest BCUT2D eigenvalue weighted by molar-refractivity contribution is 5.84. The normalized spacial score (nSPS) is 23.0. The van der Waals surface area contributed by atoms with Gasteiger partial charge in [0, 0.05) is 18.3 Å². The largest absolute Gasteiger partial charge is 0.508 e. The molecule has 0 aliphatic heterocycles. The first-order valence-electron chi connectivity index (χ1n) is 6.81. The number of hydrogen-bond acceptors (Lipinski definition) is 4. The Hall–Kier alpha value is -2.04. The molecular formula is C15H19NO4. The third kappa shape index (κ3) is 3.73. The van der Waals surface area contributed by atoms with E-state index in [1.54, 1.807) is 6.21 Å². The number of phenolic OH excluding ortho intramolecular Hbond substituents is 2. The van der Waals surface area contributed by atoms with Crippen LogP contribution in [0.5, 0.6) is 11.5 Å². The van der Waals surface area contributed by atoms with Crippen LogP contribution in [0.25, 0.3) is 0 Å². The van der Waals surface area contributed by atoms with E-state index in [0.717, 1.165) is 12.8 Å². The van der Waals surface area contributed by atoms with Gasteiger partial charge in [0.15, 0.2) is 0 Å². The van der Waals surface area contributed by atoms with Gasteiger partial charge >= 0.3 is 5.97 Å². The maximum atomic E-state index is 10.8. The number of carbonyl (C=O) groups is 1. The Kier molecular flexibility index (Phi) is 4.61. The van der Waals surface area contributed by atoms with Crippen molar-refractivity contribution in [1.29, 1.82) is 0 Å². The molecule has 0 atom stereocenters. The number of aromatic hydroxyl groups is 2. The zero-order valence-electron chi connectivity index (χ0n) is 11.2. The lowest BCUT2D eigenvalue weighted by Gasteiger charge is -2.24. The highest BCUT2D eigenvalue weighted by atomic mass is 16.4. The molecule has 0 heterocycles. The van der Waals surface area contributed by atoms with E-state index >= 15 is 0 Å². The van der Waals surface area contributed by atoms with Crippen LogP contribution in [0.3, 0.4) is 0 Å². The van der Waals surface area contributed by atoms with Crippen LogP contribution >= 0.6 is 0 Å². The van der Waals surface area contributed by atoms with E-state index < -0.39 is 5.97 Å². The molecule has 3 N–H and O–H groups in total. The van der Waals surface area contributed by atoms with E-state index in [1.807, 2.05) is 0 Å². The summed E-state index contributed by atoms with van der Waals surface area (Å²) in [5.74, 6) is -0.323. The number of hydrogen-bond donors (Lipinski definition) is 3. The van der Waals surface area contributed by atoms with Gasteiger partial charge in [-0.1, -0.05) is 0 Å². The first-order valence-corrected chi connectivity index (χ1v) is 6.81. The lowest BCUT2D eigenvalue weighted by atomic mass is 9.82. The molecule has 2 rings (SSSR count). The average Bonchev–Trinajstić information content (AvgIpc) is 2.43. The van der Waals surface area contributed by atoms with Crippen LogP contribution in [0, 0.1) is 11.8 Å². The number of benzene rings is 1. The Morgan fingerprint density at radius 3 is 2.60 bits per heavy atom. The van der Waals surface area contributed by atoms with Gasteiger partial charge in [-0.05, 0) is 49.8 Å². The maximum Gasteiger partial charge on any atom is 0.306 e. The van der Waals surface area contributed by atoms with Gasteiger partial charge in [-0.2, -0.15) is 0 Å². The Bertz CT molecular complexity index is 505. The highest BCUT2D eigenvalue weighted by Gasteiger charge is 2.25. The fourth-order valence-corrected chi connectivity index (χ4v) is 2.54. The summed E-state index contributed by atoms with van der Waals surface area (Å²) in [7, 11) is 0. The SMILES string of the molecule is O=C(O)[C@H]1CC[C@H](CN=Cc2cc(O)ccc2O)CC1. The molecule has 0 radical (unpaired) electrons. The highest BCUT2D eigenvalue weighted by Crippen LogP contribution is 2.29. The fourth-order valence-electron chi connectivity index (χ4n) is 2.54. The van der Waals surface area contributed by atoms with Crippen molar-refractivity contribution in [3.8, 4) is 11.5 Å².